The van der Waals surface area contributed by atoms with E-state index in [9.17, 15) is 0 Å². The molecule has 2 aromatic carbocycles. The minimum Gasteiger partial charge on any atom is -0.346 e. The molecular formula is C14H14O2. The Bertz CT molecular complexity index is 513. The van der Waals surface area contributed by atoms with Crippen molar-refractivity contribution in [1.82, 2.24) is 0 Å². The van der Waals surface area contributed by atoms with E-state index in [0.717, 1.165) is 0 Å². The standard InChI is InChI=1S/C14H14O2/c1-10-6-7-11-4-2-3-5-12(11)13(10)14-15-8-9-16-14/h2-7,14H,8-9H2,1H3. The maximum Gasteiger partial charge on any atom is 0.184 e. The zero-order valence-electron chi connectivity index (χ0n) is 9.27. The second kappa shape index (κ2) is 3.89. The minimum atomic E-state index is -0.189. The number of hydrogen-bond donors (Lipinski definition) is 0. The summed E-state index contributed by atoms with van der Waals surface area (Å²) in [7, 11) is 0. The van der Waals surface area contributed by atoms with Crippen molar-refractivity contribution in [3.8, 4) is 0 Å². The van der Waals surface area contributed by atoms with Gasteiger partial charge in [-0.3, -0.25) is 0 Å². The number of aryl methyl sites for hydroxylation is 1. The minimum absolute atomic E-state index is 0.189. The van der Waals surface area contributed by atoms with Crippen molar-refractivity contribution in [3.05, 3.63) is 47.5 Å². The van der Waals surface area contributed by atoms with E-state index in [-0.39, 0.29) is 6.29 Å². The maximum atomic E-state index is 5.61. The zero-order chi connectivity index (χ0) is 11.0. The summed E-state index contributed by atoms with van der Waals surface area (Å²) in [6, 6.07) is 12.6. The van der Waals surface area contributed by atoms with Gasteiger partial charge in [0, 0.05) is 5.56 Å². The van der Waals surface area contributed by atoms with Crippen molar-refractivity contribution in [1.29, 1.82) is 0 Å². The molecule has 1 aliphatic rings. The predicted octanol–water partition coefficient (Wildman–Crippen LogP) is 3.19. The van der Waals surface area contributed by atoms with Crippen molar-refractivity contribution in [2.75, 3.05) is 13.2 Å². The molecule has 2 aromatic rings. The van der Waals surface area contributed by atoms with Gasteiger partial charge >= 0.3 is 0 Å². The fourth-order valence-corrected chi connectivity index (χ4v) is 2.24. The van der Waals surface area contributed by atoms with E-state index in [4.69, 9.17) is 9.47 Å². The van der Waals surface area contributed by atoms with Crippen molar-refractivity contribution in [2.24, 2.45) is 0 Å². The van der Waals surface area contributed by atoms with Gasteiger partial charge in [-0.2, -0.15) is 0 Å². The number of rotatable bonds is 1. The molecule has 0 bridgehead atoms. The van der Waals surface area contributed by atoms with Gasteiger partial charge in [0.25, 0.3) is 0 Å². The van der Waals surface area contributed by atoms with Crippen LogP contribution in [-0.2, 0) is 9.47 Å². The normalized spacial score (nSPS) is 17.1. The lowest BCUT2D eigenvalue weighted by Gasteiger charge is -2.15. The second-order valence-corrected chi connectivity index (χ2v) is 4.09. The van der Waals surface area contributed by atoms with Crippen LogP contribution in [0, 0.1) is 6.92 Å². The van der Waals surface area contributed by atoms with Crippen molar-refractivity contribution < 1.29 is 9.47 Å². The third kappa shape index (κ3) is 1.51. The molecule has 2 heteroatoms. The highest BCUT2D eigenvalue weighted by Gasteiger charge is 2.21. The monoisotopic (exact) mass is 214 g/mol. The van der Waals surface area contributed by atoms with E-state index < -0.39 is 0 Å². The molecule has 1 heterocycles. The lowest BCUT2D eigenvalue weighted by molar-refractivity contribution is -0.0434. The summed E-state index contributed by atoms with van der Waals surface area (Å²) in [6.45, 7) is 3.48. The van der Waals surface area contributed by atoms with Crippen LogP contribution >= 0.6 is 0 Å². The van der Waals surface area contributed by atoms with Gasteiger partial charge in [-0.05, 0) is 23.3 Å². The summed E-state index contributed by atoms with van der Waals surface area (Å²) in [5.74, 6) is 0. The summed E-state index contributed by atoms with van der Waals surface area (Å²) < 4.78 is 11.2. The summed E-state index contributed by atoms with van der Waals surface area (Å²) in [4.78, 5) is 0. The third-order valence-corrected chi connectivity index (χ3v) is 3.05. The average Bonchev–Trinajstić information content (AvgIpc) is 2.82. The molecule has 1 fully saturated rings. The van der Waals surface area contributed by atoms with Crippen molar-refractivity contribution >= 4 is 10.8 Å². The largest absolute Gasteiger partial charge is 0.346 e. The van der Waals surface area contributed by atoms with E-state index in [2.05, 4.69) is 43.3 Å². The van der Waals surface area contributed by atoms with E-state index in [0.29, 0.717) is 13.2 Å². The fraction of sp³-hybridized carbons (Fsp3) is 0.286. The van der Waals surface area contributed by atoms with E-state index in [1.807, 2.05) is 0 Å². The Balaban J connectivity index is 2.23. The van der Waals surface area contributed by atoms with E-state index in [1.165, 1.54) is 21.9 Å². The number of fused-ring (bicyclic) bond motifs is 1. The molecule has 0 unspecified atom stereocenters. The molecule has 0 atom stereocenters. The summed E-state index contributed by atoms with van der Waals surface area (Å²) in [5, 5.41) is 2.47. The van der Waals surface area contributed by atoms with Gasteiger partial charge in [0.15, 0.2) is 6.29 Å². The molecule has 0 N–H and O–H groups in total. The van der Waals surface area contributed by atoms with Crippen molar-refractivity contribution in [3.63, 3.8) is 0 Å². The van der Waals surface area contributed by atoms with Gasteiger partial charge in [0.1, 0.15) is 0 Å². The summed E-state index contributed by atoms with van der Waals surface area (Å²) in [6.07, 6.45) is -0.189. The Morgan fingerprint density at radius 2 is 1.75 bits per heavy atom. The topological polar surface area (TPSA) is 18.5 Å². The summed E-state index contributed by atoms with van der Waals surface area (Å²) in [5.41, 5.74) is 2.40. The van der Waals surface area contributed by atoms with Crippen LogP contribution in [0.5, 0.6) is 0 Å². The van der Waals surface area contributed by atoms with Crippen LogP contribution in [-0.4, -0.2) is 13.2 Å². The molecule has 0 saturated carbocycles. The number of hydrogen-bond acceptors (Lipinski definition) is 2. The lowest BCUT2D eigenvalue weighted by Crippen LogP contribution is -2.01. The van der Waals surface area contributed by atoms with Gasteiger partial charge in [-0.25, -0.2) is 0 Å². The van der Waals surface area contributed by atoms with Crippen LogP contribution in [0.15, 0.2) is 36.4 Å². The Kier molecular flexibility index (Phi) is 2.39. The highest BCUT2D eigenvalue weighted by Crippen LogP contribution is 2.32. The molecule has 3 rings (SSSR count). The lowest BCUT2D eigenvalue weighted by atomic mass is 9.99. The molecule has 0 spiro atoms. The van der Waals surface area contributed by atoms with Crippen LogP contribution in [0.3, 0.4) is 0 Å². The molecule has 82 valence electrons. The Labute approximate surface area is 94.8 Å². The second-order valence-electron chi connectivity index (χ2n) is 4.09. The van der Waals surface area contributed by atoms with Crippen LogP contribution in [0.1, 0.15) is 17.4 Å². The van der Waals surface area contributed by atoms with Gasteiger partial charge in [-0.15, -0.1) is 0 Å². The Morgan fingerprint density at radius 1 is 1.00 bits per heavy atom. The molecule has 1 saturated heterocycles. The molecule has 16 heavy (non-hydrogen) atoms. The summed E-state index contributed by atoms with van der Waals surface area (Å²) >= 11 is 0. The Morgan fingerprint density at radius 3 is 2.56 bits per heavy atom. The number of ether oxygens (including phenoxy) is 2. The van der Waals surface area contributed by atoms with Crippen LogP contribution in [0.4, 0.5) is 0 Å². The van der Waals surface area contributed by atoms with Crippen LogP contribution in [0.25, 0.3) is 10.8 Å². The molecular weight excluding hydrogens is 200 g/mol. The molecule has 0 aliphatic carbocycles. The molecule has 1 aliphatic heterocycles. The first-order valence-electron chi connectivity index (χ1n) is 5.58. The highest BCUT2D eigenvalue weighted by molar-refractivity contribution is 5.87. The quantitative estimate of drug-likeness (QED) is 0.725. The van der Waals surface area contributed by atoms with Gasteiger partial charge in [0.2, 0.25) is 0 Å². The maximum absolute atomic E-state index is 5.61. The molecule has 0 amide bonds. The highest BCUT2D eigenvalue weighted by atomic mass is 16.7. The van der Waals surface area contributed by atoms with E-state index >= 15 is 0 Å². The first kappa shape index (κ1) is 9.82. The van der Waals surface area contributed by atoms with Gasteiger partial charge in [0.05, 0.1) is 13.2 Å². The number of benzene rings is 2. The first-order valence-corrected chi connectivity index (χ1v) is 5.58. The SMILES string of the molecule is Cc1ccc2ccccc2c1C1OCCO1. The van der Waals surface area contributed by atoms with Gasteiger partial charge < -0.3 is 9.47 Å². The zero-order valence-corrected chi connectivity index (χ0v) is 9.27. The van der Waals surface area contributed by atoms with Crippen LogP contribution < -0.4 is 0 Å². The predicted molar refractivity (Wildman–Crippen MR) is 63.3 cm³/mol. The molecule has 2 nitrogen and oxygen atoms in total. The smallest absolute Gasteiger partial charge is 0.184 e. The Hall–Kier alpha value is -1.38. The van der Waals surface area contributed by atoms with Crippen molar-refractivity contribution in [2.45, 2.75) is 13.2 Å². The molecule has 0 radical (unpaired) electrons. The first-order chi connectivity index (χ1) is 7.86. The third-order valence-electron chi connectivity index (χ3n) is 3.05. The van der Waals surface area contributed by atoms with E-state index in [1.54, 1.807) is 0 Å². The van der Waals surface area contributed by atoms with Crippen LogP contribution in [0.2, 0.25) is 0 Å². The molecule has 0 aromatic heterocycles. The average molecular weight is 214 g/mol. The fourth-order valence-electron chi connectivity index (χ4n) is 2.24. The van der Waals surface area contributed by atoms with Gasteiger partial charge in [-0.1, -0.05) is 36.4 Å².